The molecule has 9 heteroatoms. The Kier molecular flexibility index (Phi) is 8.63. The Morgan fingerprint density at radius 3 is 2.36 bits per heavy atom. The average Bonchev–Trinajstić information content (AvgIpc) is 2.86. The number of sulfone groups is 1. The van der Waals surface area contributed by atoms with E-state index in [0.717, 1.165) is 25.7 Å². The second-order valence-electron chi connectivity index (χ2n) is 7.21. The van der Waals surface area contributed by atoms with E-state index in [1.165, 1.54) is 6.42 Å². The Labute approximate surface area is 156 Å². The molecule has 2 fully saturated rings. The maximum atomic E-state index is 12.1. The summed E-state index contributed by atoms with van der Waals surface area (Å²) in [5, 5.41) is 5.51. The molecule has 0 aromatic carbocycles. The maximum absolute atomic E-state index is 12.1. The summed E-state index contributed by atoms with van der Waals surface area (Å²) in [6.45, 7) is 0.794. The van der Waals surface area contributed by atoms with Gasteiger partial charge in [-0.05, 0) is 31.2 Å². The van der Waals surface area contributed by atoms with Gasteiger partial charge < -0.3 is 16.4 Å². The molecule has 7 nitrogen and oxygen atoms in total. The summed E-state index contributed by atoms with van der Waals surface area (Å²) in [6.07, 6.45) is 6.50. The van der Waals surface area contributed by atoms with Crippen molar-refractivity contribution in [1.82, 2.24) is 10.6 Å². The average molecular weight is 396 g/mol. The van der Waals surface area contributed by atoms with E-state index in [4.69, 9.17) is 5.73 Å². The minimum atomic E-state index is -3.00. The lowest BCUT2D eigenvalue weighted by atomic mass is 9.71. The van der Waals surface area contributed by atoms with Gasteiger partial charge in [-0.1, -0.05) is 19.3 Å². The zero-order valence-corrected chi connectivity index (χ0v) is 16.2. The van der Waals surface area contributed by atoms with Gasteiger partial charge in [-0.3, -0.25) is 9.59 Å². The number of carbonyl (C=O) groups is 2. The molecular weight excluding hydrogens is 366 g/mol. The van der Waals surface area contributed by atoms with Gasteiger partial charge in [-0.2, -0.15) is 0 Å². The lowest BCUT2D eigenvalue weighted by molar-refractivity contribution is -0.124. The summed E-state index contributed by atoms with van der Waals surface area (Å²) in [6, 6.07) is -0.291. The molecule has 0 aromatic rings. The van der Waals surface area contributed by atoms with Crippen LogP contribution in [-0.4, -0.2) is 50.9 Å². The van der Waals surface area contributed by atoms with Gasteiger partial charge in [0, 0.05) is 25.4 Å². The summed E-state index contributed by atoms with van der Waals surface area (Å²) >= 11 is 0. The largest absolute Gasteiger partial charge is 0.356 e. The number of halogens is 1. The van der Waals surface area contributed by atoms with Crippen LogP contribution in [0.3, 0.4) is 0 Å². The molecule has 4 N–H and O–H groups in total. The van der Waals surface area contributed by atoms with Crippen LogP contribution in [0.2, 0.25) is 0 Å². The van der Waals surface area contributed by atoms with Crippen LogP contribution in [0, 0.1) is 5.41 Å². The second-order valence-corrected chi connectivity index (χ2v) is 9.44. The maximum Gasteiger partial charge on any atom is 0.222 e. The monoisotopic (exact) mass is 395 g/mol. The number of amides is 2. The van der Waals surface area contributed by atoms with Crippen molar-refractivity contribution in [2.75, 3.05) is 24.6 Å². The molecule has 2 aliphatic rings. The molecule has 1 unspecified atom stereocenters. The second kappa shape index (κ2) is 9.73. The van der Waals surface area contributed by atoms with Gasteiger partial charge in [-0.25, -0.2) is 8.42 Å². The zero-order chi connectivity index (χ0) is 17.6. The summed E-state index contributed by atoms with van der Waals surface area (Å²) in [5.41, 5.74) is 5.80. The molecule has 0 radical (unpaired) electrons. The van der Waals surface area contributed by atoms with Crippen LogP contribution in [0.15, 0.2) is 0 Å². The molecule has 1 aliphatic carbocycles. The van der Waals surface area contributed by atoms with E-state index in [1.54, 1.807) is 0 Å². The Morgan fingerprint density at radius 2 is 1.80 bits per heavy atom. The first-order valence-corrected chi connectivity index (χ1v) is 10.6. The summed E-state index contributed by atoms with van der Waals surface area (Å²) < 4.78 is 22.7. The number of nitrogens with two attached hydrogens (primary N) is 1. The lowest BCUT2D eigenvalue weighted by Crippen LogP contribution is -2.40. The van der Waals surface area contributed by atoms with Crippen LogP contribution in [0.1, 0.15) is 51.4 Å². The Hall–Kier alpha value is -0.860. The highest BCUT2D eigenvalue weighted by molar-refractivity contribution is 7.91. The van der Waals surface area contributed by atoms with Crippen molar-refractivity contribution in [3.8, 4) is 0 Å². The minimum Gasteiger partial charge on any atom is -0.356 e. The van der Waals surface area contributed by atoms with Gasteiger partial charge in [0.15, 0.2) is 9.84 Å². The minimum absolute atomic E-state index is 0. The van der Waals surface area contributed by atoms with Crippen molar-refractivity contribution in [3.05, 3.63) is 0 Å². The Balaban J connectivity index is 0.00000312. The fraction of sp³-hybridized carbons (Fsp3) is 0.875. The van der Waals surface area contributed by atoms with E-state index in [0.29, 0.717) is 19.4 Å². The zero-order valence-electron chi connectivity index (χ0n) is 14.6. The van der Waals surface area contributed by atoms with E-state index in [1.807, 2.05) is 0 Å². The Bertz CT molecular complexity index is 562. The fourth-order valence-corrected chi connectivity index (χ4v) is 5.36. The van der Waals surface area contributed by atoms with Gasteiger partial charge in [0.05, 0.1) is 11.5 Å². The van der Waals surface area contributed by atoms with E-state index < -0.39 is 9.84 Å². The highest BCUT2D eigenvalue weighted by Crippen LogP contribution is 2.38. The first kappa shape index (κ1) is 22.2. The predicted molar refractivity (Wildman–Crippen MR) is 99.3 cm³/mol. The van der Waals surface area contributed by atoms with Crippen molar-refractivity contribution < 1.29 is 18.0 Å². The highest BCUT2D eigenvalue weighted by atomic mass is 35.5. The summed E-state index contributed by atoms with van der Waals surface area (Å²) in [4.78, 5) is 23.9. The molecule has 146 valence electrons. The molecule has 1 saturated heterocycles. The van der Waals surface area contributed by atoms with Crippen molar-refractivity contribution in [2.24, 2.45) is 11.1 Å². The van der Waals surface area contributed by atoms with Crippen LogP contribution >= 0.6 is 12.4 Å². The first-order chi connectivity index (χ1) is 11.3. The van der Waals surface area contributed by atoms with Crippen LogP contribution < -0.4 is 16.4 Å². The van der Waals surface area contributed by atoms with Gasteiger partial charge in [0.25, 0.3) is 0 Å². The number of carbonyl (C=O) groups excluding carboxylic acids is 2. The third kappa shape index (κ3) is 7.11. The quantitative estimate of drug-likeness (QED) is 0.580. The molecule has 0 aromatic heterocycles. The van der Waals surface area contributed by atoms with Crippen molar-refractivity contribution in [3.63, 3.8) is 0 Å². The molecule has 0 bridgehead atoms. The third-order valence-electron chi connectivity index (χ3n) is 5.15. The molecular formula is C16H30ClN3O4S. The SMILES string of the molecule is Cl.NCC1(CC(=O)NCCC(=O)NC2CCS(=O)(=O)C2)CCCCC1. The number of hydrogen-bond donors (Lipinski definition) is 3. The molecule has 2 rings (SSSR count). The van der Waals surface area contributed by atoms with Gasteiger partial charge in [0.1, 0.15) is 0 Å². The molecule has 1 heterocycles. The molecule has 1 saturated carbocycles. The van der Waals surface area contributed by atoms with E-state index >= 15 is 0 Å². The van der Waals surface area contributed by atoms with Crippen LogP contribution in [0.4, 0.5) is 0 Å². The van der Waals surface area contributed by atoms with Crippen molar-refractivity contribution >= 4 is 34.1 Å². The predicted octanol–water partition coefficient (Wildman–Crippen LogP) is 0.517. The fourth-order valence-electron chi connectivity index (χ4n) is 3.68. The Morgan fingerprint density at radius 1 is 1.12 bits per heavy atom. The van der Waals surface area contributed by atoms with E-state index in [9.17, 15) is 18.0 Å². The highest BCUT2D eigenvalue weighted by Gasteiger charge is 2.33. The first-order valence-electron chi connectivity index (χ1n) is 8.81. The summed E-state index contributed by atoms with van der Waals surface area (Å²) in [5.74, 6) is -0.123. The molecule has 2 amide bonds. The van der Waals surface area contributed by atoms with E-state index in [-0.39, 0.29) is 60.1 Å². The number of rotatable bonds is 7. The van der Waals surface area contributed by atoms with Crippen molar-refractivity contribution in [2.45, 2.75) is 57.4 Å². The molecule has 0 spiro atoms. The lowest BCUT2D eigenvalue weighted by Gasteiger charge is -2.35. The molecule has 1 aliphatic heterocycles. The van der Waals surface area contributed by atoms with Crippen molar-refractivity contribution in [1.29, 1.82) is 0 Å². The van der Waals surface area contributed by atoms with Crippen LogP contribution in [-0.2, 0) is 19.4 Å². The molecule has 1 atom stereocenters. The van der Waals surface area contributed by atoms with E-state index in [2.05, 4.69) is 10.6 Å². The standard InChI is InChI=1S/C16H29N3O4S.ClH/c17-12-16(6-2-1-3-7-16)10-15(21)18-8-4-14(20)19-13-5-9-24(22,23)11-13;/h13H,1-12,17H2,(H,18,21)(H,19,20);1H. The smallest absolute Gasteiger partial charge is 0.222 e. The van der Waals surface area contributed by atoms with Gasteiger partial charge in [0.2, 0.25) is 11.8 Å². The van der Waals surface area contributed by atoms with Gasteiger partial charge >= 0.3 is 0 Å². The number of nitrogens with one attached hydrogen (secondary N) is 2. The summed E-state index contributed by atoms with van der Waals surface area (Å²) in [7, 11) is -3.00. The molecule has 25 heavy (non-hydrogen) atoms. The van der Waals surface area contributed by atoms with Crippen LogP contribution in [0.25, 0.3) is 0 Å². The topological polar surface area (TPSA) is 118 Å². The third-order valence-corrected chi connectivity index (χ3v) is 6.92. The normalized spacial score (nSPS) is 24.1. The van der Waals surface area contributed by atoms with Gasteiger partial charge in [-0.15, -0.1) is 12.4 Å². The number of hydrogen-bond acceptors (Lipinski definition) is 5. The van der Waals surface area contributed by atoms with Crippen LogP contribution in [0.5, 0.6) is 0 Å².